The molecule has 15 heavy (non-hydrogen) atoms. The molecule has 1 unspecified atom stereocenters. The van der Waals surface area contributed by atoms with Gasteiger partial charge in [0.15, 0.2) is 0 Å². The van der Waals surface area contributed by atoms with Gasteiger partial charge < -0.3 is 16.2 Å². The molecule has 4 N–H and O–H groups in total. The van der Waals surface area contributed by atoms with Gasteiger partial charge in [-0.25, -0.2) is 9.97 Å². The molecule has 0 aromatic carbocycles. The van der Waals surface area contributed by atoms with Crippen molar-refractivity contribution in [2.75, 3.05) is 17.7 Å². The van der Waals surface area contributed by atoms with Crippen LogP contribution < -0.4 is 11.1 Å². The van der Waals surface area contributed by atoms with E-state index in [1.54, 1.807) is 12.4 Å². The summed E-state index contributed by atoms with van der Waals surface area (Å²) in [5.41, 5.74) is 6.00. The average Bonchev–Trinajstić information content (AvgIpc) is 2.19. The maximum Gasteiger partial charge on any atom is 0.223 e. The second kappa shape index (κ2) is 5.50. The average molecular weight is 210 g/mol. The lowest BCUT2D eigenvalue weighted by molar-refractivity contribution is 0.259. The summed E-state index contributed by atoms with van der Waals surface area (Å²) >= 11 is 0. The monoisotopic (exact) mass is 210 g/mol. The molecule has 1 aromatic heterocycles. The zero-order valence-corrected chi connectivity index (χ0v) is 9.14. The third kappa shape index (κ3) is 4.12. The number of rotatable bonds is 5. The standard InChI is InChI=1S/C10H18N4O/c1-7(2)3-9(6-15)14-10-12-4-8(11)5-13-10/h4-5,7,9,15H,3,6,11H2,1-2H3,(H,12,13,14). The highest BCUT2D eigenvalue weighted by Gasteiger charge is 2.10. The summed E-state index contributed by atoms with van der Waals surface area (Å²) in [5, 5.41) is 12.2. The van der Waals surface area contributed by atoms with E-state index >= 15 is 0 Å². The van der Waals surface area contributed by atoms with Gasteiger partial charge in [-0.2, -0.15) is 0 Å². The lowest BCUT2D eigenvalue weighted by Gasteiger charge is -2.17. The second-order valence-corrected chi connectivity index (χ2v) is 3.99. The van der Waals surface area contributed by atoms with Crippen LogP contribution in [0.2, 0.25) is 0 Å². The van der Waals surface area contributed by atoms with Crippen molar-refractivity contribution in [2.24, 2.45) is 5.92 Å². The van der Waals surface area contributed by atoms with Crippen molar-refractivity contribution in [1.29, 1.82) is 0 Å². The molecule has 0 saturated heterocycles. The first-order valence-electron chi connectivity index (χ1n) is 5.06. The number of aliphatic hydroxyl groups is 1. The molecule has 0 spiro atoms. The van der Waals surface area contributed by atoms with Crippen molar-refractivity contribution in [2.45, 2.75) is 26.3 Å². The minimum absolute atomic E-state index is 0.00590. The van der Waals surface area contributed by atoms with Gasteiger partial charge in [0, 0.05) is 0 Å². The zero-order chi connectivity index (χ0) is 11.3. The molecule has 0 amide bonds. The molecule has 1 atom stereocenters. The molecule has 84 valence electrons. The van der Waals surface area contributed by atoms with Crippen LogP contribution >= 0.6 is 0 Å². The van der Waals surface area contributed by atoms with Gasteiger partial charge in [-0.05, 0) is 12.3 Å². The number of anilines is 2. The Kier molecular flexibility index (Phi) is 4.30. The largest absolute Gasteiger partial charge is 0.396 e. The van der Waals surface area contributed by atoms with E-state index < -0.39 is 0 Å². The van der Waals surface area contributed by atoms with Crippen LogP contribution in [0.1, 0.15) is 20.3 Å². The van der Waals surface area contributed by atoms with Crippen LogP contribution in [0.3, 0.4) is 0 Å². The number of nitrogens with zero attached hydrogens (tertiary/aromatic N) is 2. The van der Waals surface area contributed by atoms with E-state index in [2.05, 4.69) is 29.1 Å². The van der Waals surface area contributed by atoms with Crippen molar-refractivity contribution in [3.63, 3.8) is 0 Å². The number of nitrogens with two attached hydrogens (primary N) is 1. The van der Waals surface area contributed by atoms with Gasteiger partial charge in [-0.3, -0.25) is 0 Å². The van der Waals surface area contributed by atoms with Gasteiger partial charge >= 0.3 is 0 Å². The number of hydrogen-bond donors (Lipinski definition) is 3. The van der Waals surface area contributed by atoms with Crippen molar-refractivity contribution >= 4 is 11.6 Å². The molecule has 0 aliphatic rings. The molecule has 0 aliphatic heterocycles. The van der Waals surface area contributed by atoms with Crippen LogP contribution in [0.25, 0.3) is 0 Å². The highest BCUT2D eigenvalue weighted by atomic mass is 16.3. The van der Waals surface area contributed by atoms with Gasteiger partial charge in [0.1, 0.15) is 0 Å². The highest BCUT2D eigenvalue weighted by Crippen LogP contribution is 2.09. The Hall–Kier alpha value is -1.36. The minimum atomic E-state index is -0.00590. The second-order valence-electron chi connectivity index (χ2n) is 3.99. The third-order valence-corrected chi connectivity index (χ3v) is 1.98. The maximum atomic E-state index is 9.15. The summed E-state index contributed by atoms with van der Waals surface area (Å²) in [4.78, 5) is 8.03. The van der Waals surface area contributed by atoms with Crippen LogP contribution in [0.15, 0.2) is 12.4 Å². The summed E-state index contributed by atoms with van der Waals surface area (Å²) in [6.45, 7) is 4.29. The number of hydrogen-bond acceptors (Lipinski definition) is 5. The van der Waals surface area contributed by atoms with E-state index in [4.69, 9.17) is 10.8 Å². The first-order valence-corrected chi connectivity index (χ1v) is 5.06. The molecule has 5 nitrogen and oxygen atoms in total. The first kappa shape index (κ1) is 11.7. The Bertz CT molecular complexity index is 286. The molecule has 0 radical (unpaired) electrons. The number of nitrogen functional groups attached to an aromatic ring is 1. The first-order chi connectivity index (χ1) is 7.11. The van der Waals surface area contributed by atoms with Crippen molar-refractivity contribution in [3.05, 3.63) is 12.4 Å². The molecule has 0 aliphatic carbocycles. The van der Waals surface area contributed by atoms with Crippen molar-refractivity contribution in [1.82, 2.24) is 9.97 Å². The third-order valence-electron chi connectivity index (χ3n) is 1.98. The van der Waals surface area contributed by atoms with Crippen LogP contribution in [0.5, 0.6) is 0 Å². The fourth-order valence-electron chi connectivity index (χ4n) is 1.34. The molecule has 1 heterocycles. The van der Waals surface area contributed by atoms with Gasteiger partial charge in [0.25, 0.3) is 0 Å². The van der Waals surface area contributed by atoms with Crippen LogP contribution in [0, 0.1) is 5.92 Å². The van der Waals surface area contributed by atoms with Gasteiger partial charge in [0.2, 0.25) is 5.95 Å². The van der Waals surface area contributed by atoms with Crippen LogP contribution in [-0.4, -0.2) is 27.7 Å². The number of nitrogens with one attached hydrogen (secondary N) is 1. The smallest absolute Gasteiger partial charge is 0.223 e. The topological polar surface area (TPSA) is 84.1 Å². The maximum absolute atomic E-state index is 9.15. The Morgan fingerprint density at radius 1 is 1.40 bits per heavy atom. The SMILES string of the molecule is CC(C)CC(CO)Nc1ncc(N)cn1. The van der Waals surface area contributed by atoms with Crippen molar-refractivity contribution < 1.29 is 5.11 Å². The summed E-state index contributed by atoms with van der Waals surface area (Å²) in [5.74, 6) is 1.02. The fraction of sp³-hybridized carbons (Fsp3) is 0.600. The summed E-state index contributed by atoms with van der Waals surface area (Å²) in [6.07, 6.45) is 3.96. The lowest BCUT2D eigenvalue weighted by Crippen LogP contribution is -2.26. The molecule has 5 heteroatoms. The Morgan fingerprint density at radius 2 is 2.00 bits per heavy atom. The summed E-state index contributed by atoms with van der Waals surface area (Å²) < 4.78 is 0. The quantitative estimate of drug-likeness (QED) is 0.671. The fourth-order valence-corrected chi connectivity index (χ4v) is 1.34. The summed E-state index contributed by atoms with van der Waals surface area (Å²) in [7, 11) is 0. The van der Waals surface area contributed by atoms with E-state index in [1.807, 2.05) is 0 Å². The van der Waals surface area contributed by atoms with Gasteiger partial charge in [0.05, 0.1) is 30.7 Å². The van der Waals surface area contributed by atoms with E-state index in [9.17, 15) is 0 Å². The molecular formula is C10H18N4O. The Balaban J connectivity index is 2.54. The lowest BCUT2D eigenvalue weighted by atomic mass is 10.0. The minimum Gasteiger partial charge on any atom is -0.396 e. The summed E-state index contributed by atoms with van der Waals surface area (Å²) in [6, 6.07) is -0.00590. The van der Waals surface area contributed by atoms with E-state index in [0.717, 1.165) is 6.42 Å². The van der Waals surface area contributed by atoms with Gasteiger partial charge in [-0.1, -0.05) is 13.8 Å². The molecule has 0 fully saturated rings. The Morgan fingerprint density at radius 3 is 2.47 bits per heavy atom. The van der Waals surface area contributed by atoms with E-state index in [-0.39, 0.29) is 12.6 Å². The predicted molar refractivity (Wildman–Crippen MR) is 60.4 cm³/mol. The molecule has 0 bridgehead atoms. The van der Waals surface area contributed by atoms with Crippen LogP contribution in [0.4, 0.5) is 11.6 Å². The molecule has 1 aromatic rings. The van der Waals surface area contributed by atoms with Gasteiger partial charge in [-0.15, -0.1) is 0 Å². The molecule has 0 saturated carbocycles. The zero-order valence-electron chi connectivity index (χ0n) is 9.14. The number of aromatic nitrogens is 2. The van der Waals surface area contributed by atoms with E-state index in [0.29, 0.717) is 17.6 Å². The predicted octanol–water partition coefficient (Wildman–Crippen LogP) is 0.878. The van der Waals surface area contributed by atoms with Crippen LogP contribution in [-0.2, 0) is 0 Å². The molecular weight excluding hydrogens is 192 g/mol. The van der Waals surface area contributed by atoms with E-state index in [1.165, 1.54) is 0 Å². The molecule has 1 rings (SSSR count). The van der Waals surface area contributed by atoms with Crippen molar-refractivity contribution in [3.8, 4) is 0 Å². The highest BCUT2D eigenvalue weighted by molar-refractivity contribution is 5.36. The normalized spacial score (nSPS) is 12.8. The Labute approximate surface area is 89.7 Å². The number of aliphatic hydroxyl groups excluding tert-OH is 1.